The van der Waals surface area contributed by atoms with Crippen molar-refractivity contribution in [1.82, 2.24) is 0 Å². The molecule has 0 bridgehead atoms. The van der Waals surface area contributed by atoms with Gasteiger partial charge in [0.05, 0.1) is 5.69 Å². The second-order valence-electron chi connectivity index (χ2n) is 4.30. The maximum atomic E-state index is 6.07. The van der Waals surface area contributed by atoms with E-state index < -0.39 is 0 Å². The summed E-state index contributed by atoms with van der Waals surface area (Å²) in [5, 5.41) is 1.80. The predicted molar refractivity (Wildman–Crippen MR) is 72.8 cm³/mol. The van der Waals surface area contributed by atoms with Crippen molar-refractivity contribution in [3.8, 4) is 0 Å². The summed E-state index contributed by atoms with van der Waals surface area (Å²) in [6.45, 7) is 3.01. The van der Waals surface area contributed by atoms with Crippen LogP contribution >= 0.6 is 0 Å². The Kier molecular flexibility index (Phi) is 3.78. The molecule has 88 valence electrons. The number of nitrogens with two attached hydrogens (primary N) is 1. The number of hydrogen-bond donors (Lipinski definition) is 1. The maximum Gasteiger partial charge on any atom is 0.0517 e. The van der Waals surface area contributed by atoms with Crippen molar-refractivity contribution in [3.63, 3.8) is 0 Å². The van der Waals surface area contributed by atoms with Crippen LogP contribution in [-0.4, -0.2) is 6.54 Å². The molecule has 0 heterocycles. The Morgan fingerprint density at radius 1 is 0.941 bits per heavy atom. The van der Waals surface area contributed by atoms with E-state index in [4.69, 9.17) is 5.84 Å². The van der Waals surface area contributed by atoms with Crippen molar-refractivity contribution in [1.29, 1.82) is 0 Å². The van der Waals surface area contributed by atoms with Crippen molar-refractivity contribution in [2.24, 2.45) is 5.84 Å². The number of anilines is 1. The minimum atomic E-state index is 0.418. The first kappa shape index (κ1) is 11.7. The minimum absolute atomic E-state index is 0.418. The highest BCUT2D eigenvalue weighted by molar-refractivity contribution is 5.44. The van der Waals surface area contributed by atoms with Gasteiger partial charge in [-0.25, -0.2) is 5.84 Å². The average molecular weight is 226 g/mol. The van der Waals surface area contributed by atoms with Gasteiger partial charge in [0.15, 0.2) is 0 Å². The number of benzene rings is 2. The summed E-state index contributed by atoms with van der Waals surface area (Å²) in [5.41, 5.74) is 2.37. The largest absolute Gasteiger partial charge is 0.310 e. The van der Waals surface area contributed by atoms with Gasteiger partial charge in [-0.05, 0) is 17.7 Å². The van der Waals surface area contributed by atoms with E-state index >= 15 is 0 Å². The van der Waals surface area contributed by atoms with Crippen LogP contribution in [0.4, 0.5) is 5.69 Å². The highest BCUT2D eigenvalue weighted by Crippen LogP contribution is 2.18. The number of nitrogens with zero attached hydrogens (tertiary/aromatic N) is 1. The lowest BCUT2D eigenvalue weighted by molar-refractivity contribution is 0.707. The molecule has 0 aliphatic carbocycles. The molecule has 2 aromatic carbocycles. The molecule has 2 aromatic rings. The van der Waals surface area contributed by atoms with Gasteiger partial charge in [-0.2, -0.15) is 0 Å². The zero-order valence-electron chi connectivity index (χ0n) is 10.1. The summed E-state index contributed by atoms with van der Waals surface area (Å²) >= 11 is 0. The molecular formula is C15H18N2. The third-order valence-corrected chi connectivity index (χ3v) is 2.93. The molecule has 0 saturated heterocycles. The minimum Gasteiger partial charge on any atom is -0.310 e. The number of rotatable bonds is 4. The highest BCUT2D eigenvalue weighted by atomic mass is 15.4. The summed E-state index contributed by atoms with van der Waals surface area (Å²) in [5.74, 6) is 6.48. The molecule has 0 radical (unpaired) electrons. The average Bonchev–Trinajstić information content (AvgIpc) is 2.40. The predicted octanol–water partition coefficient (Wildman–Crippen LogP) is 3.17. The van der Waals surface area contributed by atoms with Crippen LogP contribution < -0.4 is 10.9 Å². The Balaban J connectivity index is 2.02. The quantitative estimate of drug-likeness (QED) is 0.641. The van der Waals surface area contributed by atoms with E-state index in [2.05, 4.69) is 31.2 Å². The Morgan fingerprint density at radius 3 is 2.06 bits per heavy atom. The number of hydrazine groups is 1. The van der Waals surface area contributed by atoms with Gasteiger partial charge in [0, 0.05) is 12.5 Å². The molecule has 0 saturated carbocycles. The molecule has 0 amide bonds. The van der Waals surface area contributed by atoms with E-state index in [1.165, 1.54) is 5.56 Å². The summed E-state index contributed by atoms with van der Waals surface area (Å²) in [7, 11) is 0. The zero-order chi connectivity index (χ0) is 12.1. The normalized spacial score (nSPS) is 12.1. The fourth-order valence-corrected chi connectivity index (χ4v) is 1.91. The van der Waals surface area contributed by atoms with Gasteiger partial charge in [0.25, 0.3) is 0 Å². The highest BCUT2D eigenvalue weighted by Gasteiger charge is 2.09. The fourth-order valence-electron chi connectivity index (χ4n) is 1.91. The van der Waals surface area contributed by atoms with Gasteiger partial charge in [-0.3, -0.25) is 0 Å². The molecule has 0 aliphatic heterocycles. The molecule has 2 N–H and O–H groups in total. The summed E-state index contributed by atoms with van der Waals surface area (Å²) in [4.78, 5) is 0. The van der Waals surface area contributed by atoms with Crippen molar-refractivity contribution >= 4 is 5.69 Å². The molecule has 2 heteroatoms. The summed E-state index contributed by atoms with van der Waals surface area (Å²) in [6.07, 6.45) is 0. The fraction of sp³-hybridized carbons (Fsp3) is 0.200. The molecule has 0 aliphatic rings. The van der Waals surface area contributed by atoms with E-state index in [1.54, 1.807) is 5.01 Å². The molecule has 17 heavy (non-hydrogen) atoms. The van der Waals surface area contributed by atoms with Crippen LogP contribution in [0, 0.1) is 0 Å². The standard InChI is InChI=1S/C15H18N2/c1-13(14-8-4-2-5-9-14)12-17(16)15-10-6-3-7-11-15/h2-11,13H,12,16H2,1H3. The van der Waals surface area contributed by atoms with Gasteiger partial charge < -0.3 is 5.01 Å². The smallest absolute Gasteiger partial charge is 0.0517 e. The summed E-state index contributed by atoms with van der Waals surface area (Å²) in [6, 6.07) is 20.5. The van der Waals surface area contributed by atoms with Crippen LogP contribution in [0.5, 0.6) is 0 Å². The van der Waals surface area contributed by atoms with Gasteiger partial charge in [0.2, 0.25) is 0 Å². The zero-order valence-corrected chi connectivity index (χ0v) is 10.1. The van der Waals surface area contributed by atoms with Crippen LogP contribution in [0.1, 0.15) is 18.4 Å². The summed E-state index contributed by atoms with van der Waals surface area (Å²) < 4.78 is 0. The van der Waals surface area contributed by atoms with E-state index in [0.717, 1.165) is 12.2 Å². The molecule has 0 aromatic heterocycles. The molecule has 0 fully saturated rings. The Labute approximate surface area is 103 Å². The van der Waals surface area contributed by atoms with E-state index in [9.17, 15) is 0 Å². The van der Waals surface area contributed by atoms with Crippen molar-refractivity contribution in [2.45, 2.75) is 12.8 Å². The molecule has 0 spiro atoms. The Bertz CT molecular complexity index is 395. The van der Waals surface area contributed by atoms with E-state index in [-0.39, 0.29) is 0 Å². The molecule has 2 rings (SSSR count). The second-order valence-corrected chi connectivity index (χ2v) is 4.30. The van der Waals surface area contributed by atoms with Crippen LogP contribution in [0.2, 0.25) is 0 Å². The molecular weight excluding hydrogens is 208 g/mol. The molecule has 1 atom stereocenters. The van der Waals surface area contributed by atoms with Crippen molar-refractivity contribution in [2.75, 3.05) is 11.6 Å². The van der Waals surface area contributed by atoms with Crippen molar-refractivity contribution in [3.05, 3.63) is 66.2 Å². The lowest BCUT2D eigenvalue weighted by Gasteiger charge is -2.23. The van der Waals surface area contributed by atoms with Gasteiger partial charge in [-0.1, -0.05) is 55.5 Å². The first-order chi connectivity index (χ1) is 8.27. The first-order valence-electron chi connectivity index (χ1n) is 5.89. The van der Waals surface area contributed by atoms with Crippen molar-refractivity contribution < 1.29 is 0 Å². The third-order valence-electron chi connectivity index (χ3n) is 2.93. The van der Waals surface area contributed by atoms with Gasteiger partial charge in [-0.15, -0.1) is 0 Å². The lowest BCUT2D eigenvalue weighted by atomic mass is 10.0. The molecule has 1 unspecified atom stereocenters. The second kappa shape index (κ2) is 5.51. The van der Waals surface area contributed by atoms with E-state index in [1.807, 2.05) is 36.4 Å². The van der Waals surface area contributed by atoms with Crippen LogP contribution in [-0.2, 0) is 0 Å². The Hall–Kier alpha value is -1.80. The third kappa shape index (κ3) is 3.08. The van der Waals surface area contributed by atoms with Crippen LogP contribution in [0.15, 0.2) is 60.7 Å². The SMILES string of the molecule is CC(CN(N)c1ccccc1)c1ccccc1. The van der Waals surface area contributed by atoms with Crippen LogP contribution in [0.25, 0.3) is 0 Å². The van der Waals surface area contributed by atoms with Crippen LogP contribution in [0.3, 0.4) is 0 Å². The Morgan fingerprint density at radius 2 is 1.47 bits per heavy atom. The lowest BCUT2D eigenvalue weighted by Crippen LogP contribution is -2.34. The molecule has 2 nitrogen and oxygen atoms in total. The topological polar surface area (TPSA) is 29.3 Å². The van der Waals surface area contributed by atoms with Gasteiger partial charge >= 0.3 is 0 Å². The van der Waals surface area contributed by atoms with Gasteiger partial charge in [0.1, 0.15) is 0 Å². The number of hydrogen-bond acceptors (Lipinski definition) is 2. The monoisotopic (exact) mass is 226 g/mol. The number of para-hydroxylation sites is 1. The maximum absolute atomic E-state index is 6.07. The first-order valence-corrected chi connectivity index (χ1v) is 5.89. The van der Waals surface area contributed by atoms with E-state index in [0.29, 0.717) is 5.92 Å².